The molecule has 16 heavy (non-hydrogen) atoms. The molecule has 1 atom stereocenters. The fraction of sp³-hybridized carbons (Fsp3) is 0.538. The van der Waals surface area contributed by atoms with Crippen molar-refractivity contribution in [1.82, 2.24) is 0 Å². The molecular weight excluding hydrogens is 220 g/mol. The quantitative estimate of drug-likeness (QED) is 0.808. The summed E-state index contributed by atoms with van der Waals surface area (Å²) in [5.74, 6) is 0.344. The van der Waals surface area contributed by atoms with E-state index < -0.39 is 0 Å². The molecule has 1 aliphatic heterocycles. The van der Waals surface area contributed by atoms with E-state index in [1.54, 1.807) is 17.8 Å². The van der Waals surface area contributed by atoms with E-state index in [0.29, 0.717) is 5.75 Å². The van der Waals surface area contributed by atoms with Crippen molar-refractivity contribution in [2.24, 2.45) is 0 Å². The molecule has 3 heteroatoms. The second kappa shape index (κ2) is 3.67. The average Bonchev–Trinajstić information content (AvgIpc) is 2.86. The Bertz CT molecular complexity index is 410. The average molecular weight is 236 g/mol. The van der Waals surface area contributed by atoms with Gasteiger partial charge in [0, 0.05) is 5.56 Å². The predicted molar refractivity (Wildman–Crippen MR) is 65.6 cm³/mol. The Balaban J connectivity index is 2.10. The molecule has 2 aliphatic rings. The Morgan fingerprint density at radius 2 is 2.12 bits per heavy atom. The molecule has 1 saturated carbocycles. The molecule has 1 aromatic carbocycles. The van der Waals surface area contributed by atoms with Crippen molar-refractivity contribution in [2.45, 2.75) is 36.7 Å². The van der Waals surface area contributed by atoms with Crippen LogP contribution in [0.25, 0.3) is 0 Å². The number of thioether (sulfide) groups is 1. The fourth-order valence-corrected chi connectivity index (χ4v) is 3.73. The van der Waals surface area contributed by atoms with E-state index >= 15 is 0 Å². The van der Waals surface area contributed by atoms with Crippen LogP contribution in [-0.2, 0) is 10.3 Å². The summed E-state index contributed by atoms with van der Waals surface area (Å²) < 4.78 is 6.24. The largest absolute Gasteiger partial charge is 0.508 e. The summed E-state index contributed by atoms with van der Waals surface area (Å²) in [5, 5.41) is 9.58. The second-order valence-corrected chi connectivity index (χ2v) is 5.56. The van der Waals surface area contributed by atoms with Crippen LogP contribution in [0.5, 0.6) is 5.75 Å². The summed E-state index contributed by atoms with van der Waals surface area (Å²) in [6.07, 6.45) is 6.82. The van der Waals surface area contributed by atoms with Crippen LogP contribution >= 0.6 is 11.8 Å². The molecule has 0 bridgehead atoms. The minimum absolute atomic E-state index is 0.0449. The number of aromatic hydroxyl groups is 1. The van der Waals surface area contributed by atoms with Gasteiger partial charge in [-0.15, -0.1) is 11.8 Å². The summed E-state index contributed by atoms with van der Waals surface area (Å²) in [6, 6.07) is 5.70. The lowest BCUT2D eigenvalue weighted by Crippen LogP contribution is -2.20. The molecular formula is C13H16O2S. The van der Waals surface area contributed by atoms with Crippen molar-refractivity contribution < 1.29 is 9.84 Å². The van der Waals surface area contributed by atoms with Crippen LogP contribution in [0.1, 0.15) is 42.2 Å². The fourth-order valence-electron chi connectivity index (χ4n) is 3.00. The third kappa shape index (κ3) is 1.38. The van der Waals surface area contributed by atoms with Crippen molar-refractivity contribution in [3.63, 3.8) is 0 Å². The van der Waals surface area contributed by atoms with Crippen LogP contribution in [0.2, 0.25) is 0 Å². The Morgan fingerprint density at radius 1 is 1.38 bits per heavy atom. The van der Waals surface area contributed by atoms with Gasteiger partial charge in [0.25, 0.3) is 0 Å². The highest BCUT2D eigenvalue weighted by atomic mass is 32.2. The van der Waals surface area contributed by atoms with E-state index in [9.17, 15) is 5.11 Å². The first kappa shape index (κ1) is 10.5. The van der Waals surface area contributed by atoms with Gasteiger partial charge in [-0.1, -0.05) is 18.9 Å². The SMILES string of the molecule is CSC1OC2(CCCC2)c2ccc(O)cc21. The van der Waals surface area contributed by atoms with Gasteiger partial charge in [-0.2, -0.15) is 0 Å². The molecule has 0 aromatic heterocycles. The lowest BCUT2D eigenvalue weighted by molar-refractivity contribution is -0.0367. The van der Waals surface area contributed by atoms with Gasteiger partial charge >= 0.3 is 0 Å². The number of phenols is 1. The van der Waals surface area contributed by atoms with Crippen molar-refractivity contribution in [3.8, 4) is 5.75 Å². The van der Waals surface area contributed by atoms with Gasteiger partial charge in [0.05, 0.1) is 5.60 Å². The normalized spacial score (nSPS) is 26.2. The summed E-state index contributed by atoms with van der Waals surface area (Å²) in [6.45, 7) is 0. The lowest BCUT2D eigenvalue weighted by Gasteiger charge is -2.24. The smallest absolute Gasteiger partial charge is 0.129 e. The van der Waals surface area contributed by atoms with Crippen LogP contribution in [0.3, 0.4) is 0 Å². The maximum absolute atomic E-state index is 9.58. The van der Waals surface area contributed by atoms with Crippen LogP contribution in [-0.4, -0.2) is 11.4 Å². The highest BCUT2D eigenvalue weighted by molar-refractivity contribution is 7.98. The van der Waals surface area contributed by atoms with Crippen LogP contribution in [0.15, 0.2) is 18.2 Å². The van der Waals surface area contributed by atoms with E-state index in [2.05, 4.69) is 6.26 Å². The van der Waals surface area contributed by atoms with Gasteiger partial charge in [-0.05, 0) is 36.8 Å². The maximum atomic E-state index is 9.58. The Hall–Kier alpha value is -0.670. The molecule has 1 aromatic rings. The monoisotopic (exact) mass is 236 g/mol. The second-order valence-electron chi connectivity index (χ2n) is 4.66. The molecule has 3 rings (SSSR count). The zero-order valence-electron chi connectivity index (χ0n) is 9.40. The first-order chi connectivity index (χ1) is 7.75. The third-order valence-corrected chi connectivity index (χ3v) is 4.52. The van der Waals surface area contributed by atoms with Gasteiger partial charge in [0.2, 0.25) is 0 Å². The van der Waals surface area contributed by atoms with Crippen LogP contribution in [0, 0.1) is 0 Å². The van der Waals surface area contributed by atoms with Gasteiger partial charge in [-0.25, -0.2) is 0 Å². The summed E-state index contributed by atoms with van der Waals surface area (Å²) in [4.78, 5) is 0. The van der Waals surface area contributed by atoms with E-state index in [1.807, 2.05) is 12.1 Å². The van der Waals surface area contributed by atoms with Gasteiger partial charge < -0.3 is 9.84 Å². The van der Waals surface area contributed by atoms with Crippen LogP contribution in [0.4, 0.5) is 0 Å². The molecule has 2 nitrogen and oxygen atoms in total. The highest BCUT2D eigenvalue weighted by Gasteiger charge is 2.46. The number of hydrogen-bond donors (Lipinski definition) is 1. The number of benzene rings is 1. The molecule has 1 unspecified atom stereocenters. The standard InChI is InChI=1S/C13H16O2S/c1-16-12-10-8-9(14)4-5-11(10)13(15-12)6-2-3-7-13/h4-5,8,12,14H,2-3,6-7H2,1H3. The summed E-state index contributed by atoms with van der Waals surface area (Å²) in [7, 11) is 0. The predicted octanol–water partition coefficient (Wildman–Crippen LogP) is 3.55. The molecule has 1 aliphatic carbocycles. The molecule has 86 valence electrons. The number of phenolic OH excluding ortho intramolecular Hbond substituents is 1. The summed E-state index contributed by atoms with van der Waals surface area (Å²) in [5.41, 5.74) is 2.54. The topological polar surface area (TPSA) is 29.5 Å². The van der Waals surface area contributed by atoms with Crippen molar-refractivity contribution in [3.05, 3.63) is 29.3 Å². The van der Waals surface area contributed by atoms with E-state index in [0.717, 1.165) is 12.8 Å². The number of fused-ring (bicyclic) bond motifs is 2. The van der Waals surface area contributed by atoms with Crippen molar-refractivity contribution in [1.29, 1.82) is 0 Å². The first-order valence-electron chi connectivity index (χ1n) is 5.79. The minimum Gasteiger partial charge on any atom is -0.508 e. The number of hydrogen-bond acceptors (Lipinski definition) is 3. The van der Waals surface area contributed by atoms with Crippen molar-refractivity contribution in [2.75, 3.05) is 6.26 Å². The Kier molecular flexibility index (Phi) is 2.41. The van der Waals surface area contributed by atoms with Gasteiger partial charge in [-0.3, -0.25) is 0 Å². The molecule has 1 spiro atoms. The zero-order chi connectivity index (χ0) is 11.2. The Morgan fingerprint density at radius 3 is 2.81 bits per heavy atom. The lowest BCUT2D eigenvalue weighted by atomic mass is 9.91. The van der Waals surface area contributed by atoms with E-state index in [1.165, 1.54) is 24.0 Å². The molecule has 1 heterocycles. The molecule has 0 amide bonds. The minimum atomic E-state index is -0.0449. The van der Waals surface area contributed by atoms with E-state index in [-0.39, 0.29) is 11.0 Å². The zero-order valence-corrected chi connectivity index (χ0v) is 10.2. The van der Waals surface area contributed by atoms with Gasteiger partial charge in [0.15, 0.2) is 0 Å². The van der Waals surface area contributed by atoms with Crippen LogP contribution < -0.4 is 0 Å². The molecule has 0 radical (unpaired) electrons. The molecule has 0 saturated heterocycles. The summed E-state index contributed by atoms with van der Waals surface area (Å²) >= 11 is 1.71. The third-order valence-electron chi connectivity index (χ3n) is 3.74. The first-order valence-corrected chi connectivity index (χ1v) is 7.08. The molecule has 1 fully saturated rings. The van der Waals surface area contributed by atoms with E-state index in [4.69, 9.17) is 4.74 Å². The maximum Gasteiger partial charge on any atom is 0.129 e. The highest BCUT2D eigenvalue weighted by Crippen LogP contribution is 2.55. The van der Waals surface area contributed by atoms with Gasteiger partial charge in [0.1, 0.15) is 11.2 Å². The Labute approximate surface area is 100 Å². The van der Waals surface area contributed by atoms with Crippen molar-refractivity contribution >= 4 is 11.8 Å². The number of rotatable bonds is 1. The number of ether oxygens (including phenoxy) is 1. The molecule has 1 N–H and O–H groups in total.